The van der Waals surface area contributed by atoms with Crippen molar-refractivity contribution in [2.24, 2.45) is 0 Å². The number of para-hydroxylation sites is 1. The lowest BCUT2D eigenvalue weighted by atomic mass is 10.2. The molecule has 1 heterocycles. The second kappa shape index (κ2) is 8.63. The number of imide groups is 1. The number of hydrogen-bond acceptors (Lipinski definition) is 7. The first-order chi connectivity index (χ1) is 13.0. The molecule has 27 heavy (non-hydrogen) atoms. The molecule has 1 aromatic carbocycles. The zero-order valence-corrected chi connectivity index (χ0v) is 15.5. The minimum Gasteiger partial charge on any atom is -0.486 e. The van der Waals surface area contributed by atoms with Crippen molar-refractivity contribution in [3.05, 3.63) is 45.9 Å². The van der Waals surface area contributed by atoms with Gasteiger partial charge in [0.25, 0.3) is 5.91 Å². The lowest BCUT2D eigenvalue weighted by Gasteiger charge is -2.10. The molecule has 0 atom stereocenters. The Bertz CT molecular complexity index is 847. The van der Waals surface area contributed by atoms with Crippen LogP contribution in [0.2, 0.25) is 0 Å². The highest BCUT2D eigenvalue weighted by atomic mass is 32.1. The number of nitrogens with one attached hydrogen (secondary N) is 2. The molecular weight excluding hydrogens is 370 g/mol. The summed E-state index contributed by atoms with van der Waals surface area (Å²) in [5.74, 6) is -1.07. The quantitative estimate of drug-likeness (QED) is 0.703. The van der Waals surface area contributed by atoms with E-state index in [9.17, 15) is 14.4 Å². The zero-order valence-electron chi connectivity index (χ0n) is 14.7. The maximum absolute atomic E-state index is 12.3. The molecule has 0 unspecified atom stereocenters. The molecule has 2 N–H and O–H groups in total. The third-order valence-corrected chi connectivity index (χ3v) is 4.47. The topological polar surface area (TPSA) is 107 Å². The Hall–Kier alpha value is -2.94. The summed E-state index contributed by atoms with van der Waals surface area (Å²) in [7, 11) is 0. The minimum atomic E-state index is -0.710. The number of aryl methyl sites for hydroxylation is 1. The van der Waals surface area contributed by atoms with Crippen molar-refractivity contribution in [1.29, 1.82) is 0 Å². The summed E-state index contributed by atoms with van der Waals surface area (Å²) in [6.45, 7) is 1.56. The van der Waals surface area contributed by atoms with E-state index in [-0.39, 0.29) is 18.2 Å². The van der Waals surface area contributed by atoms with Crippen LogP contribution in [0.15, 0.2) is 29.6 Å². The second-order valence-electron chi connectivity index (χ2n) is 6.01. The summed E-state index contributed by atoms with van der Waals surface area (Å²) in [6, 6.07) is 6.12. The Morgan fingerprint density at radius 3 is 2.74 bits per heavy atom. The number of aromatic nitrogens is 1. The minimum absolute atomic E-state index is 0.130. The summed E-state index contributed by atoms with van der Waals surface area (Å²) < 4.78 is 10.6. The molecular formula is C18H19N3O5S. The largest absolute Gasteiger partial charge is 0.486 e. The number of urea groups is 1. The fourth-order valence-electron chi connectivity index (χ4n) is 2.21. The molecule has 9 heteroatoms. The Morgan fingerprint density at radius 2 is 2.04 bits per heavy atom. The highest BCUT2D eigenvalue weighted by Crippen LogP contribution is 2.21. The normalized spacial score (nSPS) is 12.9. The van der Waals surface area contributed by atoms with Crippen LogP contribution >= 0.6 is 11.3 Å². The van der Waals surface area contributed by atoms with Gasteiger partial charge in [0.15, 0.2) is 6.61 Å². The van der Waals surface area contributed by atoms with Crippen molar-refractivity contribution in [2.45, 2.75) is 32.4 Å². The van der Waals surface area contributed by atoms with Crippen LogP contribution in [0, 0.1) is 6.92 Å². The number of esters is 1. The van der Waals surface area contributed by atoms with Crippen molar-refractivity contribution >= 4 is 29.2 Å². The number of benzene rings is 1. The van der Waals surface area contributed by atoms with Crippen LogP contribution in [0.25, 0.3) is 0 Å². The van der Waals surface area contributed by atoms with Crippen molar-refractivity contribution in [1.82, 2.24) is 15.6 Å². The number of hydrogen-bond donors (Lipinski definition) is 2. The number of rotatable bonds is 7. The molecule has 0 saturated heterocycles. The molecule has 3 amide bonds. The van der Waals surface area contributed by atoms with E-state index in [0.29, 0.717) is 5.75 Å². The van der Waals surface area contributed by atoms with Crippen molar-refractivity contribution in [3.8, 4) is 5.75 Å². The average Bonchev–Trinajstić information content (AvgIpc) is 3.36. The zero-order chi connectivity index (χ0) is 19.2. The van der Waals surface area contributed by atoms with Crippen molar-refractivity contribution < 1.29 is 23.9 Å². The van der Waals surface area contributed by atoms with E-state index >= 15 is 0 Å². The number of nitrogens with zero attached hydrogens (tertiary/aromatic N) is 1. The molecule has 1 fully saturated rings. The van der Waals surface area contributed by atoms with Crippen LogP contribution < -0.4 is 15.4 Å². The van der Waals surface area contributed by atoms with E-state index in [1.807, 2.05) is 12.3 Å². The van der Waals surface area contributed by atoms with Gasteiger partial charge in [-0.05, 0) is 31.9 Å². The highest BCUT2D eigenvalue weighted by molar-refractivity contribution is 7.09. The van der Waals surface area contributed by atoms with Gasteiger partial charge in [0, 0.05) is 11.4 Å². The van der Waals surface area contributed by atoms with Crippen LogP contribution in [-0.2, 0) is 16.1 Å². The molecule has 1 aromatic heterocycles. The first-order valence-electron chi connectivity index (χ1n) is 8.41. The molecule has 1 saturated carbocycles. The highest BCUT2D eigenvalue weighted by Gasteiger charge is 2.24. The second-order valence-corrected chi connectivity index (χ2v) is 7.08. The molecule has 0 bridgehead atoms. The maximum Gasteiger partial charge on any atom is 0.342 e. The first kappa shape index (κ1) is 18.8. The molecule has 0 aliphatic heterocycles. The molecule has 0 spiro atoms. The van der Waals surface area contributed by atoms with Gasteiger partial charge in [0.05, 0.1) is 10.7 Å². The van der Waals surface area contributed by atoms with Gasteiger partial charge in [0.1, 0.15) is 17.9 Å². The number of carbonyl (C=O) groups excluding carboxylic acids is 3. The van der Waals surface area contributed by atoms with Gasteiger partial charge in [-0.25, -0.2) is 14.6 Å². The Balaban J connectivity index is 1.51. The molecule has 1 aliphatic rings. The summed E-state index contributed by atoms with van der Waals surface area (Å²) in [5.41, 5.74) is 0.960. The van der Waals surface area contributed by atoms with Crippen LogP contribution in [0.3, 0.4) is 0 Å². The van der Waals surface area contributed by atoms with Crippen LogP contribution in [-0.4, -0.2) is 35.5 Å². The SMILES string of the molecule is Cc1nc(COc2ccccc2C(=O)OCC(=O)NC(=O)NC2CC2)cs1. The van der Waals surface area contributed by atoms with E-state index in [2.05, 4.69) is 15.6 Å². The third kappa shape index (κ3) is 5.78. The molecule has 1 aliphatic carbocycles. The Kier molecular flexibility index (Phi) is 6.02. The smallest absolute Gasteiger partial charge is 0.342 e. The number of thiazole rings is 1. The predicted molar refractivity (Wildman–Crippen MR) is 97.6 cm³/mol. The standard InChI is InChI=1S/C18H19N3O5S/c1-11-19-13(10-27-11)8-25-15-5-3-2-4-14(15)17(23)26-9-16(22)21-18(24)20-12-6-7-12/h2-5,10,12H,6-9H2,1H3,(H2,20,21,22,24). The molecule has 142 valence electrons. The fraction of sp³-hybridized carbons (Fsp3) is 0.333. The maximum atomic E-state index is 12.3. The van der Waals surface area contributed by atoms with E-state index < -0.39 is 24.5 Å². The van der Waals surface area contributed by atoms with E-state index in [4.69, 9.17) is 9.47 Å². The van der Waals surface area contributed by atoms with Gasteiger partial charge in [-0.1, -0.05) is 12.1 Å². The van der Waals surface area contributed by atoms with E-state index in [1.165, 1.54) is 11.3 Å². The lowest BCUT2D eigenvalue weighted by Crippen LogP contribution is -2.42. The van der Waals surface area contributed by atoms with Gasteiger partial charge >= 0.3 is 12.0 Å². The molecule has 0 radical (unpaired) electrons. The van der Waals surface area contributed by atoms with E-state index in [1.54, 1.807) is 24.3 Å². The average molecular weight is 389 g/mol. The van der Waals surface area contributed by atoms with Crippen LogP contribution in [0.5, 0.6) is 5.75 Å². The third-order valence-electron chi connectivity index (χ3n) is 3.65. The fourth-order valence-corrected chi connectivity index (χ4v) is 2.81. The number of amides is 3. The Labute approximate surface area is 159 Å². The Morgan fingerprint density at radius 1 is 1.26 bits per heavy atom. The van der Waals surface area contributed by atoms with Gasteiger partial charge in [-0.2, -0.15) is 0 Å². The molecule has 2 aromatic rings. The molecule has 3 rings (SSSR count). The predicted octanol–water partition coefficient (Wildman–Crippen LogP) is 2.18. The summed E-state index contributed by atoms with van der Waals surface area (Å²) in [6.07, 6.45) is 1.82. The monoisotopic (exact) mass is 389 g/mol. The first-order valence-corrected chi connectivity index (χ1v) is 9.29. The summed E-state index contributed by atoms with van der Waals surface area (Å²) in [4.78, 5) is 39.7. The number of ether oxygens (including phenoxy) is 2. The van der Waals surface area contributed by atoms with Crippen molar-refractivity contribution in [2.75, 3.05) is 6.61 Å². The summed E-state index contributed by atoms with van der Waals surface area (Å²) >= 11 is 1.51. The van der Waals surface area contributed by atoms with Crippen LogP contribution in [0.4, 0.5) is 4.79 Å². The van der Waals surface area contributed by atoms with Gasteiger partial charge in [0.2, 0.25) is 0 Å². The lowest BCUT2D eigenvalue weighted by molar-refractivity contribution is -0.123. The van der Waals surface area contributed by atoms with E-state index in [0.717, 1.165) is 23.5 Å². The van der Waals surface area contributed by atoms with Gasteiger partial charge in [-0.15, -0.1) is 11.3 Å². The number of carbonyl (C=O) groups is 3. The van der Waals surface area contributed by atoms with Crippen LogP contribution in [0.1, 0.15) is 33.9 Å². The van der Waals surface area contributed by atoms with Gasteiger partial charge in [-0.3, -0.25) is 10.1 Å². The van der Waals surface area contributed by atoms with Crippen molar-refractivity contribution in [3.63, 3.8) is 0 Å². The summed E-state index contributed by atoms with van der Waals surface area (Å²) in [5, 5.41) is 7.54. The molecule has 8 nitrogen and oxygen atoms in total. The van der Waals surface area contributed by atoms with Gasteiger partial charge < -0.3 is 14.8 Å².